The molecule has 1 aromatic carbocycles. The number of rotatable bonds is 3. The SMILES string of the molecule is Cc1cc(N2CCOCC2)nc(N2CCN(C(=O)Nc3ccc(C)c(C)c3)CC2)n1. The zero-order chi connectivity index (χ0) is 21.1. The monoisotopic (exact) mass is 410 g/mol. The number of aromatic nitrogens is 2. The molecular formula is C22H30N6O2. The van der Waals surface area contributed by atoms with Gasteiger partial charge in [0, 0.05) is 56.7 Å². The van der Waals surface area contributed by atoms with Gasteiger partial charge in [-0.15, -0.1) is 0 Å². The Balaban J connectivity index is 1.37. The van der Waals surface area contributed by atoms with Crippen LogP contribution < -0.4 is 15.1 Å². The molecule has 2 aliphatic rings. The second kappa shape index (κ2) is 8.87. The second-order valence-electron chi connectivity index (χ2n) is 7.97. The van der Waals surface area contributed by atoms with Gasteiger partial charge in [0.2, 0.25) is 5.95 Å². The lowest BCUT2D eigenvalue weighted by Gasteiger charge is -2.35. The lowest BCUT2D eigenvalue weighted by molar-refractivity contribution is 0.122. The number of urea groups is 1. The minimum absolute atomic E-state index is 0.0583. The number of nitrogens with one attached hydrogen (secondary N) is 1. The number of ether oxygens (including phenoxy) is 1. The molecule has 8 heteroatoms. The molecular weight excluding hydrogens is 380 g/mol. The quantitative estimate of drug-likeness (QED) is 0.839. The van der Waals surface area contributed by atoms with E-state index in [1.54, 1.807) is 0 Å². The molecule has 1 N–H and O–H groups in total. The first-order chi connectivity index (χ1) is 14.5. The number of morpholine rings is 1. The van der Waals surface area contributed by atoms with E-state index in [0.717, 1.165) is 49.5 Å². The highest BCUT2D eigenvalue weighted by atomic mass is 16.5. The summed E-state index contributed by atoms with van der Waals surface area (Å²) in [6.45, 7) is 12.0. The van der Waals surface area contributed by atoms with Gasteiger partial charge in [-0.3, -0.25) is 0 Å². The van der Waals surface area contributed by atoms with Crippen LogP contribution in [0.3, 0.4) is 0 Å². The van der Waals surface area contributed by atoms with Gasteiger partial charge in [0.25, 0.3) is 0 Å². The molecule has 0 spiro atoms. The lowest BCUT2D eigenvalue weighted by atomic mass is 10.1. The number of hydrogen-bond donors (Lipinski definition) is 1. The van der Waals surface area contributed by atoms with Crippen LogP contribution in [-0.2, 0) is 4.74 Å². The van der Waals surface area contributed by atoms with Gasteiger partial charge in [-0.25, -0.2) is 9.78 Å². The molecule has 2 aromatic rings. The molecule has 2 fully saturated rings. The average molecular weight is 411 g/mol. The molecule has 1 aromatic heterocycles. The van der Waals surface area contributed by atoms with E-state index in [9.17, 15) is 4.79 Å². The number of amides is 2. The number of benzene rings is 1. The highest BCUT2D eigenvalue weighted by Gasteiger charge is 2.24. The summed E-state index contributed by atoms with van der Waals surface area (Å²) in [6, 6.07) is 7.96. The molecule has 0 unspecified atom stereocenters. The highest BCUT2D eigenvalue weighted by Crippen LogP contribution is 2.20. The first-order valence-electron chi connectivity index (χ1n) is 10.6. The van der Waals surface area contributed by atoms with Crippen LogP contribution >= 0.6 is 0 Å². The Morgan fingerprint density at radius 3 is 2.33 bits per heavy atom. The maximum absolute atomic E-state index is 12.7. The van der Waals surface area contributed by atoms with Gasteiger partial charge < -0.3 is 24.8 Å². The number of hydrogen-bond acceptors (Lipinski definition) is 6. The fraction of sp³-hybridized carbons (Fsp3) is 0.500. The molecule has 2 amide bonds. The van der Waals surface area contributed by atoms with Crippen molar-refractivity contribution in [1.29, 1.82) is 0 Å². The third-order valence-corrected chi connectivity index (χ3v) is 5.77. The first kappa shape index (κ1) is 20.4. The summed E-state index contributed by atoms with van der Waals surface area (Å²) in [6.07, 6.45) is 0. The summed E-state index contributed by atoms with van der Waals surface area (Å²) in [7, 11) is 0. The van der Waals surface area contributed by atoms with Gasteiger partial charge in [-0.2, -0.15) is 4.98 Å². The van der Waals surface area contributed by atoms with Crippen molar-refractivity contribution in [2.45, 2.75) is 20.8 Å². The molecule has 2 saturated heterocycles. The lowest BCUT2D eigenvalue weighted by Crippen LogP contribution is -2.50. The summed E-state index contributed by atoms with van der Waals surface area (Å²) in [5.41, 5.74) is 4.18. The molecule has 0 saturated carbocycles. The smallest absolute Gasteiger partial charge is 0.321 e. The van der Waals surface area contributed by atoms with Crippen LogP contribution in [0.25, 0.3) is 0 Å². The van der Waals surface area contributed by atoms with Crippen molar-refractivity contribution in [2.75, 3.05) is 67.6 Å². The molecule has 30 heavy (non-hydrogen) atoms. The summed E-state index contributed by atoms with van der Waals surface area (Å²) >= 11 is 0. The fourth-order valence-corrected chi connectivity index (χ4v) is 3.76. The number of carbonyl (C=O) groups excluding carboxylic acids is 1. The molecule has 0 radical (unpaired) electrons. The van der Waals surface area contributed by atoms with E-state index in [2.05, 4.69) is 33.9 Å². The predicted octanol–water partition coefficient (Wildman–Crippen LogP) is 2.59. The Morgan fingerprint density at radius 1 is 0.900 bits per heavy atom. The Labute approximate surface area is 177 Å². The molecule has 2 aliphatic heterocycles. The zero-order valence-corrected chi connectivity index (χ0v) is 18.0. The van der Waals surface area contributed by atoms with Gasteiger partial charge in [-0.05, 0) is 44.0 Å². The third-order valence-electron chi connectivity index (χ3n) is 5.77. The third kappa shape index (κ3) is 4.64. The number of nitrogens with zero attached hydrogens (tertiary/aromatic N) is 5. The van der Waals surface area contributed by atoms with E-state index in [1.165, 1.54) is 11.1 Å². The number of piperazine rings is 1. The van der Waals surface area contributed by atoms with Gasteiger partial charge in [0.15, 0.2) is 0 Å². The van der Waals surface area contributed by atoms with Crippen LogP contribution in [0.5, 0.6) is 0 Å². The largest absolute Gasteiger partial charge is 0.378 e. The van der Waals surface area contributed by atoms with Crippen LogP contribution in [0.4, 0.5) is 22.2 Å². The van der Waals surface area contributed by atoms with Gasteiger partial charge in [0.1, 0.15) is 5.82 Å². The highest BCUT2D eigenvalue weighted by molar-refractivity contribution is 5.89. The van der Waals surface area contributed by atoms with Gasteiger partial charge in [0.05, 0.1) is 13.2 Å². The van der Waals surface area contributed by atoms with E-state index >= 15 is 0 Å². The summed E-state index contributed by atoms with van der Waals surface area (Å²) in [5.74, 6) is 1.70. The van der Waals surface area contributed by atoms with Crippen LogP contribution in [0, 0.1) is 20.8 Å². The van der Waals surface area contributed by atoms with Crippen LogP contribution in [0.2, 0.25) is 0 Å². The van der Waals surface area contributed by atoms with Crippen LogP contribution in [0.15, 0.2) is 24.3 Å². The summed E-state index contributed by atoms with van der Waals surface area (Å²) < 4.78 is 5.45. The minimum Gasteiger partial charge on any atom is -0.378 e. The van der Waals surface area contributed by atoms with Crippen molar-refractivity contribution in [3.63, 3.8) is 0 Å². The van der Waals surface area contributed by atoms with Crippen molar-refractivity contribution in [3.8, 4) is 0 Å². The topological polar surface area (TPSA) is 73.8 Å². The maximum Gasteiger partial charge on any atom is 0.321 e. The van der Waals surface area contributed by atoms with Crippen molar-refractivity contribution < 1.29 is 9.53 Å². The van der Waals surface area contributed by atoms with Crippen molar-refractivity contribution in [2.24, 2.45) is 0 Å². The van der Waals surface area contributed by atoms with Crippen molar-refractivity contribution in [3.05, 3.63) is 41.1 Å². The minimum atomic E-state index is -0.0583. The molecule has 8 nitrogen and oxygen atoms in total. The van der Waals surface area contributed by atoms with Crippen LogP contribution in [0.1, 0.15) is 16.8 Å². The van der Waals surface area contributed by atoms with Gasteiger partial charge >= 0.3 is 6.03 Å². The van der Waals surface area contributed by atoms with E-state index in [-0.39, 0.29) is 6.03 Å². The zero-order valence-electron chi connectivity index (χ0n) is 18.0. The molecule has 0 atom stereocenters. The van der Waals surface area contributed by atoms with Crippen molar-refractivity contribution in [1.82, 2.24) is 14.9 Å². The van der Waals surface area contributed by atoms with Gasteiger partial charge in [-0.1, -0.05) is 6.07 Å². The average Bonchev–Trinajstić information content (AvgIpc) is 2.76. The summed E-state index contributed by atoms with van der Waals surface area (Å²) in [4.78, 5) is 28.4. The standard InChI is InChI=1S/C22H30N6O2/c1-16-4-5-19(14-17(16)2)24-22(29)28-8-6-27(7-9-28)21-23-18(3)15-20(25-21)26-10-12-30-13-11-26/h4-5,14-15H,6-13H2,1-3H3,(H,24,29). The van der Waals surface area contributed by atoms with E-state index in [0.29, 0.717) is 26.2 Å². The first-order valence-corrected chi connectivity index (χ1v) is 10.6. The second-order valence-corrected chi connectivity index (χ2v) is 7.97. The normalized spacial score (nSPS) is 17.2. The summed E-state index contributed by atoms with van der Waals surface area (Å²) in [5, 5.41) is 3.01. The number of aryl methyl sites for hydroxylation is 3. The Morgan fingerprint density at radius 2 is 1.63 bits per heavy atom. The fourth-order valence-electron chi connectivity index (χ4n) is 3.76. The van der Waals surface area contributed by atoms with Crippen LogP contribution in [-0.4, -0.2) is 73.4 Å². The number of carbonyl (C=O) groups is 1. The molecule has 0 aliphatic carbocycles. The molecule has 3 heterocycles. The van der Waals surface area contributed by atoms with Crippen molar-refractivity contribution >= 4 is 23.5 Å². The predicted molar refractivity (Wildman–Crippen MR) is 119 cm³/mol. The number of anilines is 3. The molecule has 0 bridgehead atoms. The Kier molecular flexibility index (Phi) is 6.03. The van der Waals surface area contributed by atoms with E-state index in [4.69, 9.17) is 9.72 Å². The maximum atomic E-state index is 12.7. The van der Waals surface area contributed by atoms with E-state index < -0.39 is 0 Å². The Hall–Kier alpha value is -2.87. The molecule has 160 valence electrons. The molecule has 4 rings (SSSR count). The Bertz CT molecular complexity index is 904. The van der Waals surface area contributed by atoms with E-state index in [1.807, 2.05) is 36.1 Å².